The van der Waals surface area contributed by atoms with Crippen LogP contribution in [0.25, 0.3) is 10.9 Å². The maximum Gasteiger partial charge on any atom is 0.255 e. The lowest BCUT2D eigenvalue weighted by Crippen LogP contribution is -2.11. The number of amides is 1. The van der Waals surface area contributed by atoms with Crippen LogP contribution in [0.3, 0.4) is 0 Å². The highest BCUT2D eigenvalue weighted by Crippen LogP contribution is 2.34. The Morgan fingerprint density at radius 2 is 1.88 bits per heavy atom. The minimum absolute atomic E-state index is 0.191. The van der Waals surface area contributed by atoms with Crippen molar-refractivity contribution in [1.29, 1.82) is 0 Å². The smallest absolute Gasteiger partial charge is 0.255 e. The Hall–Kier alpha value is -3.64. The molecule has 1 N–H and O–H groups in total. The van der Waals surface area contributed by atoms with Gasteiger partial charge in [0.15, 0.2) is 11.5 Å². The van der Waals surface area contributed by atoms with Gasteiger partial charge in [-0.1, -0.05) is 6.07 Å². The lowest BCUT2D eigenvalue weighted by molar-refractivity contribution is 0.102. The summed E-state index contributed by atoms with van der Waals surface area (Å²) < 4.78 is 18.9. The number of nitrogens with zero attached hydrogens (tertiary/aromatic N) is 1. The molecule has 1 aromatic heterocycles. The molecule has 0 saturated heterocycles. The van der Waals surface area contributed by atoms with Crippen LogP contribution in [0, 0.1) is 0 Å². The summed E-state index contributed by atoms with van der Waals surface area (Å²) in [5.41, 5.74) is 2.27. The Kier molecular flexibility index (Phi) is 5.60. The molecule has 4 aromatic rings. The first-order valence-electron chi connectivity index (χ1n) is 10.3. The van der Waals surface area contributed by atoms with E-state index < -0.39 is 0 Å². The molecule has 0 aliphatic carbocycles. The third-order valence-corrected chi connectivity index (χ3v) is 5.50. The number of hydrogen-bond donors (Lipinski definition) is 1. The Morgan fingerprint density at radius 3 is 2.78 bits per heavy atom. The molecule has 0 bridgehead atoms. The van der Waals surface area contributed by atoms with Gasteiger partial charge in [-0.3, -0.25) is 4.79 Å². The topological polar surface area (TPSA) is 61.7 Å². The minimum atomic E-state index is -0.235. The van der Waals surface area contributed by atoms with Gasteiger partial charge in [-0.25, -0.2) is 0 Å². The van der Waals surface area contributed by atoms with Crippen molar-refractivity contribution in [3.8, 4) is 23.0 Å². The summed E-state index contributed by atoms with van der Waals surface area (Å²) in [6.45, 7) is 1.07. The molecule has 5 rings (SSSR count). The fourth-order valence-corrected chi connectivity index (χ4v) is 3.80. The molecule has 0 radical (unpaired) electrons. The van der Waals surface area contributed by atoms with Crippen LogP contribution < -0.4 is 19.5 Å². The van der Waals surface area contributed by atoms with Crippen molar-refractivity contribution in [2.45, 2.75) is 13.0 Å². The van der Waals surface area contributed by atoms with E-state index in [1.54, 1.807) is 36.4 Å². The molecule has 1 aliphatic heterocycles. The number of carbonyl (C=O) groups is 1. The van der Waals surface area contributed by atoms with E-state index >= 15 is 0 Å². The van der Waals surface area contributed by atoms with Gasteiger partial charge >= 0.3 is 0 Å². The fraction of sp³-hybridized carbons (Fsp3) is 0.160. The molecular weight excluding hydrogens is 428 g/mol. The summed E-state index contributed by atoms with van der Waals surface area (Å²) in [7, 11) is 0. The maximum atomic E-state index is 12.7. The lowest BCUT2D eigenvalue weighted by Gasteiger charge is -2.10. The summed E-state index contributed by atoms with van der Waals surface area (Å²) in [6, 6.07) is 20.4. The zero-order valence-electron chi connectivity index (χ0n) is 17.2. The number of aromatic nitrogens is 1. The third kappa shape index (κ3) is 4.22. The predicted octanol–water partition coefficient (Wildman–Crippen LogP) is 6.04. The molecule has 0 unspecified atom stereocenters. The van der Waals surface area contributed by atoms with Gasteiger partial charge in [-0.2, -0.15) is 0 Å². The van der Waals surface area contributed by atoms with Crippen LogP contribution in [0.5, 0.6) is 23.0 Å². The van der Waals surface area contributed by atoms with Gasteiger partial charge in [-0.05, 0) is 61.0 Å². The number of fused-ring (bicyclic) bond motifs is 2. The quantitative estimate of drug-likeness (QED) is 0.350. The van der Waals surface area contributed by atoms with Gasteiger partial charge < -0.3 is 24.1 Å². The van der Waals surface area contributed by atoms with Crippen LogP contribution in [-0.4, -0.2) is 23.1 Å². The predicted molar refractivity (Wildman–Crippen MR) is 124 cm³/mol. The summed E-state index contributed by atoms with van der Waals surface area (Å²) in [5.74, 6) is 2.99. The van der Waals surface area contributed by atoms with E-state index in [1.807, 2.05) is 24.3 Å². The number of anilines is 1. The highest BCUT2D eigenvalue weighted by Gasteiger charge is 2.15. The molecule has 0 spiro atoms. The third-order valence-electron chi connectivity index (χ3n) is 5.24. The number of nitrogens with one attached hydrogen (secondary N) is 1. The second-order valence-electron chi connectivity index (χ2n) is 7.42. The Morgan fingerprint density at radius 1 is 1.00 bits per heavy atom. The molecule has 7 heteroatoms. The van der Waals surface area contributed by atoms with Crippen molar-refractivity contribution in [1.82, 2.24) is 4.57 Å². The number of benzene rings is 3. The largest absolute Gasteiger partial charge is 0.457 e. The van der Waals surface area contributed by atoms with Crippen molar-refractivity contribution < 1.29 is 19.0 Å². The standard InChI is InChI=1S/C25H21ClN2O4/c26-10-2-11-28-12-9-17-13-21(6-7-22(17)28)32-20-4-1-3-18(14-20)25(29)27-19-5-8-23-24(15-19)31-16-30-23/h1,3-9,12-15H,2,10-11,16H2,(H,27,29). The van der Waals surface area contributed by atoms with E-state index in [0.717, 1.165) is 23.9 Å². The van der Waals surface area contributed by atoms with Gasteiger partial charge in [0.1, 0.15) is 11.5 Å². The van der Waals surface area contributed by atoms with Crippen LogP contribution in [-0.2, 0) is 6.54 Å². The molecule has 3 aromatic carbocycles. The second kappa shape index (κ2) is 8.85. The van der Waals surface area contributed by atoms with Gasteiger partial charge in [0.25, 0.3) is 5.91 Å². The maximum absolute atomic E-state index is 12.7. The van der Waals surface area contributed by atoms with E-state index in [-0.39, 0.29) is 12.7 Å². The highest BCUT2D eigenvalue weighted by atomic mass is 35.5. The van der Waals surface area contributed by atoms with Crippen LogP contribution in [0.4, 0.5) is 5.69 Å². The molecule has 1 aliphatic rings. The minimum Gasteiger partial charge on any atom is -0.457 e. The van der Waals surface area contributed by atoms with E-state index in [4.69, 9.17) is 25.8 Å². The first-order chi connectivity index (χ1) is 15.7. The van der Waals surface area contributed by atoms with E-state index in [2.05, 4.69) is 22.1 Å². The van der Waals surface area contributed by atoms with E-state index in [1.165, 1.54) is 0 Å². The molecule has 0 saturated carbocycles. The molecular formula is C25H21ClN2O4. The number of aryl methyl sites for hydroxylation is 1. The van der Waals surface area contributed by atoms with Gasteiger partial charge in [0.2, 0.25) is 6.79 Å². The summed E-state index contributed by atoms with van der Waals surface area (Å²) in [5, 5.41) is 3.97. The lowest BCUT2D eigenvalue weighted by atomic mass is 10.2. The summed E-state index contributed by atoms with van der Waals surface area (Å²) >= 11 is 5.82. The molecule has 162 valence electrons. The molecule has 32 heavy (non-hydrogen) atoms. The van der Waals surface area contributed by atoms with Gasteiger partial charge in [0, 0.05) is 46.8 Å². The first kappa shape index (κ1) is 20.3. The normalized spacial score (nSPS) is 12.2. The SMILES string of the molecule is O=C(Nc1ccc2c(c1)OCO2)c1cccc(Oc2ccc3c(ccn3CCCCl)c2)c1. The number of alkyl halides is 1. The number of ether oxygens (including phenoxy) is 3. The Labute approximate surface area is 190 Å². The molecule has 2 heterocycles. The molecule has 6 nitrogen and oxygen atoms in total. The zero-order valence-corrected chi connectivity index (χ0v) is 18.0. The van der Waals surface area contributed by atoms with Crippen LogP contribution in [0.15, 0.2) is 72.9 Å². The number of hydrogen-bond acceptors (Lipinski definition) is 4. The van der Waals surface area contributed by atoms with Gasteiger partial charge in [0.05, 0.1) is 0 Å². The first-order valence-corrected chi connectivity index (χ1v) is 10.9. The van der Waals surface area contributed by atoms with Crippen LogP contribution in [0.2, 0.25) is 0 Å². The van der Waals surface area contributed by atoms with Crippen LogP contribution in [0.1, 0.15) is 16.8 Å². The van der Waals surface area contributed by atoms with Crippen LogP contribution >= 0.6 is 11.6 Å². The average molecular weight is 449 g/mol. The zero-order chi connectivity index (χ0) is 21.9. The number of halogens is 1. The summed E-state index contributed by atoms with van der Waals surface area (Å²) in [6.07, 6.45) is 2.98. The molecule has 0 atom stereocenters. The van der Waals surface area contributed by atoms with E-state index in [9.17, 15) is 4.79 Å². The second-order valence-corrected chi connectivity index (χ2v) is 7.80. The molecule has 0 fully saturated rings. The van der Waals surface area contributed by atoms with Crippen molar-refractivity contribution in [2.75, 3.05) is 18.0 Å². The summed E-state index contributed by atoms with van der Waals surface area (Å²) in [4.78, 5) is 12.7. The number of rotatable bonds is 7. The van der Waals surface area contributed by atoms with Gasteiger partial charge in [-0.15, -0.1) is 11.6 Å². The Bertz CT molecular complexity index is 1280. The average Bonchev–Trinajstić information content (AvgIpc) is 3.44. The van der Waals surface area contributed by atoms with E-state index in [0.29, 0.717) is 40.1 Å². The Balaban J connectivity index is 1.30. The van der Waals surface area contributed by atoms with Crippen molar-refractivity contribution in [2.24, 2.45) is 0 Å². The fourth-order valence-electron chi connectivity index (χ4n) is 3.68. The van der Waals surface area contributed by atoms with Crippen molar-refractivity contribution in [3.63, 3.8) is 0 Å². The highest BCUT2D eigenvalue weighted by molar-refractivity contribution is 6.17. The molecule has 1 amide bonds. The monoisotopic (exact) mass is 448 g/mol. The number of carbonyl (C=O) groups excluding carboxylic acids is 1. The van der Waals surface area contributed by atoms with Crippen molar-refractivity contribution in [3.05, 3.63) is 78.5 Å². The van der Waals surface area contributed by atoms with Crippen molar-refractivity contribution >= 4 is 34.1 Å².